The quantitative estimate of drug-likeness (QED) is 0.856. The highest BCUT2D eigenvalue weighted by molar-refractivity contribution is 7.12. The second-order valence-electron chi connectivity index (χ2n) is 4.87. The van der Waals surface area contributed by atoms with Crippen molar-refractivity contribution in [3.63, 3.8) is 0 Å². The second kappa shape index (κ2) is 4.35. The maximum atomic E-state index is 12.1. The van der Waals surface area contributed by atoms with Crippen molar-refractivity contribution in [1.82, 2.24) is 9.97 Å². The molecule has 2 heterocycles. The number of fused-ring (bicyclic) bond motifs is 1. The molecule has 0 aromatic carbocycles. The lowest BCUT2D eigenvalue weighted by Gasteiger charge is -2.14. The number of hydrogen-bond acceptors (Lipinski definition) is 3. The summed E-state index contributed by atoms with van der Waals surface area (Å²) < 4.78 is 0. The maximum absolute atomic E-state index is 12.1. The van der Waals surface area contributed by atoms with Gasteiger partial charge >= 0.3 is 0 Å². The van der Waals surface area contributed by atoms with Crippen molar-refractivity contribution in [1.29, 1.82) is 0 Å². The van der Waals surface area contributed by atoms with Crippen LogP contribution >= 0.6 is 11.3 Å². The number of thiophene rings is 1. The summed E-state index contributed by atoms with van der Waals surface area (Å²) in [6, 6.07) is 2.10. The summed E-state index contributed by atoms with van der Waals surface area (Å²) in [6.45, 7) is 4.16. The largest absolute Gasteiger partial charge is 0.306 e. The molecule has 0 saturated carbocycles. The minimum atomic E-state index is 0.0537. The number of rotatable bonds is 1. The van der Waals surface area contributed by atoms with Gasteiger partial charge in [0.25, 0.3) is 5.56 Å². The zero-order valence-corrected chi connectivity index (χ0v) is 11.5. The van der Waals surface area contributed by atoms with E-state index in [0.717, 1.165) is 48.3 Å². The van der Waals surface area contributed by atoms with Crippen molar-refractivity contribution in [2.24, 2.45) is 0 Å². The fourth-order valence-corrected chi connectivity index (χ4v) is 3.52. The van der Waals surface area contributed by atoms with Crippen molar-refractivity contribution < 1.29 is 0 Å². The van der Waals surface area contributed by atoms with Crippen molar-refractivity contribution in [3.8, 4) is 11.4 Å². The molecule has 4 heteroatoms. The third kappa shape index (κ3) is 1.90. The molecular weight excluding hydrogens is 244 g/mol. The van der Waals surface area contributed by atoms with E-state index in [1.54, 1.807) is 11.3 Å². The maximum Gasteiger partial charge on any atom is 0.254 e. The van der Waals surface area contributed by atoms with E-state index in [1.165, 1.54) is 9.75 Å². The summed E-state index contributed by atoms with van der Waals surface area (Å²) in [5.74, 6) is 0.738. The lowest BCUT2D eigenvalue weighted by molar-refractivity contribution is 0.657. The van der Waals surface area contributed by atoms with Crippen LogP contribution in [0.4, 0.5) is 0 Å². The average Bonchev–Trinajstić information content (AvgIpc) is 2.68. The van der Waals surface area contributed by atoms with Crippen LogP contribution in [0.5, 0.6) is 0 Å². The molecule has 0 radical (unpaired) electrons. The third-order valence-corrected chi connectivity index (χ3v) is 4.45. The van der Waals surface area contributed by atoms with E-state index in [0.29, 0.717) is 0 Å². The van der Waals surface area contributed by atoms with Crippen molar-refractivity contribution in [3.05, 3.63) is 37.4 Å². The van der Waals surface area contributed by atoms with Gasteiger partial charge in [-0.3, -0.25) is 4.79 Å². The monoisotopic (exact) mass is 260 g/mol. The molecule has 1 aliphatic carbocycles. The first-order valence-electron chi connectivity index (χ1n) is 6.34. The Morgan fingerprint density at radius 2 is 2.06 bits per heavy atom. The summed E-state index contributed by atoms with van der Waals surface area (Å²) in [4.78, 5) is 22.2. The van der Waals surface area contributed by atoms with Crippen LogP contribution in [0, 0.1) is 13.8 Å². The number of nitrogens with zero attached hydrogens (tertiary/aromatic N) is 1. The highest BCUT2D eigenvalue weighted by atomic mass is 32.1. The van der Waals surface area contributed by atoms with Gasteiger partial charge in [-0.1, -0.05) is 0 Å². The fourth-order valence-electron chi connectivity index (χ4n) is 2.60. The van der Waals surface area contributed by atoms with Crippen LogP contribution in [-0.4, -0.2) is 9.97 Å². The highest BCUT2D eigenvalue weighted by Gasteiger charge is 2.17. The van der Waals surface area contributed by atoms with E-state index in [9.17, 15) is 4.79 Å². The van der Waals surface area contributed by atoms with Gasteiger partial charge in [0.15, 0.2) is 0 Å². The molecule has 0 saturated heterocycles. The first kappa shape index (κ1) is 11.7. The van der Waals surface area contributed by atoms with Crippen LogP contribution in [0.3, 0.4) is 0 Å². The van der Waals surface area contributed by atoms with Crippen molar-refractivity contribution in [2.45, 2.75) is 39.5 Å². The van der Waals surface area contributed by atoms with Crippen LogP contribution in [0.25, 0.3) is 11.4 Å². The lowest BCUT2D eigenvalue weighted by Crippen LogP contribution is -2.21. The average molecular weight is 260 g/mol. The van der Waals surface area contributed by atoms with Gasteiger partial charge in [0, 0.05) is 20.9 Å². The molecule has 0 spiro atoms. The molecule has 18 heavy (non-hydrogen) atoms. The molecule has 0 amide bonds. The Bertz CT molecular complexity index is 654. The normalized spacial score (nSPS) is 14.6. The molecule has 3 nitrogen and oxygen atoms in total. The molecule has 0 atom stereocenters. The lowest BCUT2D eigenvalue weighted by atomic mass is 9.97. The molecule has 3 rings (SSSR count). The molecule has 1 N–H and O–H groups in total. The number of aromatic amines is 1. The zero-order chi connectivity index (χ0) is 12.7. The Labute approximate surface area is 110 Å². The Morgan fingerprint density at radius 1 is 1.28 bits per heavy atom. The Morgan fingerprint density at radius 3 is 2.78 bits per heavy atom. The van der Waals surface area contributed by atoms with Gasteiger partial charge in [-0.2, -0.15) is 0 Å². The van der Waals surface area contributed by atoms with Crippen LogP contribution in [-0.2, 0) is 12.8 Å². The molecule has 0 unspecified atom stereocenters. The zero-order valence-electron chi connectivity index (χ0n) is 10.7. The predicted octanol–water partition coefficient (Wildman–Crippen LogP) is 2.99. The van der Waals surface area contributed by atoms with Gasteiger partial charge in [0.05, 0.1) is 5.69 Å². The third-order valence-electron chi connectivity index (χ3n) is 3.49. The number of aromatic nitrogens is 2. The number of nitrogens with one attached hydrogen (secondary N) is 1. The van der Waals surface area contributed by atoms with Crippen molar-refractivity contribution >= 4 is 11.3 Å². The van der Waals surface area contributed by atoms with E-state index in [1.807, 2.05) is 0 Å². The second-order valence-corrected chi connectivity index (χ2v) is 6.33. The van der Waals surface area contributed by atoms with E-state index in [-0.39, 0.29) is 5.56 Å². The van der Waals surface area contributed by atoms with E-state index in [4.69, 9.17) is 0 Å². The minimum Gasteiger partial charge on any atom is -0.306 e. The Kier molecular flexibility index (Phi) is 2.82. The van der Waals surface area contributed by atoms with Gasteiger partial charge in [-0.05, 0) is 45.6 Å². The minimum absolute atomic E-state index is 0.0537. The molecular formula is C14H16N2OS. The van der Waals surface area contributed by atoms with E-state index >= 15 is 0 Å². The molecule has 0 fully saturated rings. The Balaban J connectivity index is 2.17. The predicted molar refractivity (Wildman–Crippen MR) is 74.3 cm³/mol. The first-order valence-corrected chi connectivity index (χ1v) is 7.16. The standard InChI is InChI=1S/C14H16N2OS/c1-8-7-11(9(2)18-8)13-15-12-6-4-3-5-10(12)14(17)16-13/h7H,3-6H2,1-2H3,(H,15,16,17). The topological polar surface area (TPSA) is 45.8 Å². The van der Waals surface area contributed by atoms with E-state index in [2.05, 4.69) is 29.9 Å². The summed E-state index contributed by atoms with van der Waals surface area (Å²) in [5.41, 5.74) is 3.03. The number of H-pyrrole nitrogens is 1. The molecule has 0 bridgehead atoms. The fraction of sp³-hybridized carbons (Fsp3) is 0.429. The van der Waals surface area contributed by atoms with Crippen LogP contribution in [0.1, 0.15) is 33.9 Å². The van der Waals surface area contributed by atoms with Crippen LogP contribution in [0.15, 0.2) is 10.9 Å². The van der Waals surface area contributed by atoms with Gasteiger partial charge in [0.1, 0.15) is 5.82 Å². The Hall–Kier alpha value is -1.42. The van der Waals surface area contributed by atoms with Gasteiger partial charge in [-0.15, -0.1) is 11.3 Å². The summed E-state index contributed by atoms with van der Waals surface area (Å²) in [6.07, 6.45) is 4.06. The molecule has 94 valence electrons. The molecule has 2 aromatic rings. The number of aryl methyl sites for hydroxylation is 3. The van der Waals surface area contributed by atoms with Gasteiger partial charge in [0.2, 0.25) is 0 Å². The van der Waals surface area contributed by atoms with Crippen molar-refractivity contribution in [2.75, 3.05) is 0 Å². The van der Waals surface area contributed by atoms with Crippen LogP contribution < -0.4 is 5.56 Å². The first-order chi connectivity index (χ1) is 8.65. The smallest absolute Gasteiger partial charge is 0.254 e. The van der Waals surface area contributed by atoms with Crippen LogP contribution in [0.2, 0.25) is 0 Å². The van der Waals surface area contributed by atoms with E-state index < -0.39 is 0 Å². The molecule has 1 aliphatic rings. The molecule has 0 aliphatic heterocycles. The highest BCUT2D eigenvalue weighted by Crippen LogP contribution is 2.28. The summed E-state index contributed by atoms with van der Waals surface area (Å²) in [5, 5.41) is 0. The summed E-state index contributed by atoms with van der Waals surface area (Å²) >= 11 is 1.75. The molecule has 2 aromatic heterocycles. The van der Waals surface area contributed by atoms with Gasteiger partial charge < -0.3 is 4.98 Å². The number of hydrogen-bond donors (Lipinski definition) is 1. The summed E-state index contributed by atoms with van der Waals surface area (Å²) in [7, 11) is 0. The SMILES string of the molecule is Cc1cc(-c2nc3c(c(=O)[nH]2)CCCC3)c(C)s1. The van der Waals surface area contributed by atoms with Gasteiger partial charge in [-0.25, -0.2) is 4.98 Å².